The highest BCUT2D eigenvalue weighted by Gasteiger charge is 2.33. The van der Waals surface area contributed by atoms with Gasteiger partial charge < -0.3 is 40.6 Å². The van der Waals surface area contributed by atoms with Crippen LogP contribution >= 0.6 is 11.8 Å². The molecule has 2 aliphatic rings. The Balaban J connectivity index is 1.46. The average molecular weight is 718 g/mol. The van der Waals surface area contributed by atoms with Gasteiger partial charge in [0.05, 0.1) is 32.2 Å². The van der Waals surface area contributed by atoms with E-state index in [1.165, 1.54) is 11.8 Å². The number of aromatic nitrogens is 1. The lowest BCUT2D eigenvalue weighted by Gasteiger charge is -2.24. The van der Waals surface area contributed by atoms with Gasteiger partial charge in [-0.25, -0.2) is 9.79 Å². The summed E-state index contributed by atoms with van der Waals surface area (Å²) in [4.78, 5) is 58.2. The highest BCUT2D eigenvalue weighted by Crippen LogP contribution is 2.27. The highest BCUT2D eigenvalue weighted by molar-refractivity contribution is 8.14. The third kappa shape index (κ3) is 14.0. The monoisotopic (exact) mass is 717 g/mol. The molecule has 3 amide bonds. The van der Waals surface area contributed by atoms with Crippen molar-refractivity contribution in [2.75, 3.05) is 32.8 Å². The SMILES string of the molecule is CCOC(=O)CC(NC(=O)CNC(=O)C1N=C(NC(O)NCC2=C(OCCCNC(=O)OC(C)(C)C)C(C)CC=C2)SC1C)c1cccnc1. The standard InChI is InChI=1S/C34H51N7O8S/c1-7-47-27(43)17-25(23-13-9-14-35-18-23)39-26(42)20-37-30(44)28-22(3)50-32(40-28)41-31(45)38-19-24-12-8-11-21(2)29(24)48-16-10-15-36-33(46)49-34(4,5)6/h8-9,12-14,18,21-22,25,28,31,38,45H,7,10-11,15-17,19-20H2,1-6H3,(H,36,46)(H,37,44)(H,39,42)(H,40,41). The number of alkyl carbamates (subject to hydrolysis) is 1. The van der Waals surface area contributed by atoms with E-state index in [1.807, 2.05) is 33.8 Å². The zero-order valence-corrected chi connectivity index (χ0v) is 30.4. The molecule has 0 saturated carbocycles. The zero-order valence-electron chi connectivity index (χ0n) is 29.6. The maximum absolute atomic E-state index is 13.0. The van der Waals surface area contributed by atoms with E-state index in [1.54, 1.807) is 31.5 Å². The van der Waals surface area contributed by atoms with Crippen LogP contribution in [0.15, 0.2) is 53.0 Å². The fourth-order valence-electron chi connectivity index (χ4n) is 5.02. The van der Waals surface area contributed by atoms with E-state index >= 15 is 0 Å². The molecule has 1 aromatic rings. The normalized spacial score (nSPS) is 19.9. The molecule has 0 radical (unpaired) electrons. The number of pyridine rings is 1. The second-order valence-corrected chi connectivity index (χ2v) is 14.2. The number of aliphatic hydroxyl groups excluding tert-OH is 1. The molecule has 0 saturated heterocycles. The number of allylic oxidation sites excluding steroid dienone is 2. The van der Waals surface area contributed by atoms with Gasteiger partial charge in [-0.05, 0) is 52.2 Å². The molecule has 15 nitrogen and oxygen atoms in total. The number of amides is 3. The number of nitrogens with zero attached hydrogens (tertiary/aromatic N) is 2. The number of aliphatic hydroxyl groups is 1. The Bertz CT molecular complexity index is 1400. The number of aliphatic imine (C=N–C) groups is 1. The third-order valence-corrected chi connectivity index (χ3v) is 8.43. The highest BCUT2D eigenvalue weighted by atomic mass is 32.2. The lowest BCUT2D eigenvalue weighted by atomic mass is 9.95. The topological polar surface area (TPSA) is 202 Å². The van der Waals surface area contributed by atoms with Gasteiger partial charge in [0.25, 0.3) is 0 Å². The molecular weight excluding hydrogens is 666 g/mol. The quantitative estimate of drug-likeness (QED) is 0.0782. The Morgan fingerprint density at radius 3 is 2.64 bits per heavy atom. The molecule has 0 fully saturated rings. The van der Waals surface area contributed by atoms with Crippen LogP contribution in [-0.4, -0.2) is 95.2 Å². The van der Waals surface area contributed by atoms with Crippen LogP contribution in [0.25, 0.3) is 0 Å². The molecule has 5 atom stereocenters. The number of ether oxygens (including phenoxy) is 3. The van der Waals surface area contributed by atoms with Crippen LogP contribution in [-0.2, 0) is 28.6 Å². The van der Waals surface area contributed by atoms with E-state index in [0.29, 0.717) is 36.8 Å². The molecule has 16 heteroatoms. The Kier molecular flexibility index (Phi) is 16.0. The number of esters is 1. The molecule has 0 spiro atoms. The maximum atomic E-state index is 13.0. The second-order valence-electron chi connectivity index (χ2n) is 12.8. The number of rotatable bonds is 17. The molecule has 276 valence electrons. The first-order valence-electron chi connectivity index (χ1n) is 16.8. The minimum absolute atomic E-state index is 0.0821. The van der Waals surface area contributed by atoms with Gasteiger partial charge in [0.2, 0.25) is 11.8 Å². The number of amidine groups is 1. The predicted octanol–water partition coefficient (Wildman–Crippen LogP) is 2.40. The predicted molar refractivity (Wildman–Crippen MR) is 190 cm³/mol. The smallest absolute Gasteiger partial charge is 0.407 e. The summed E-state index contributed by atoms with van der Waals surface area (Å²) >= 11 is 1.30. The zero-order chi connectivity index (χ0) is 36.7. The van der Waals surface area contributed by atoms with Crippen molar-refractivity contribution in [3.05, 3.63) is 53.6 Å². The minimum Gasteiger partial charge on any atom is -0.497 e. The van der Waals surface area contributed by atoms with Gasteiger partial charge in [0, 0.05) is 42.2 Å². The van der Waals surface area contributed by atoms with Gasteiger partial charge in [0.15, 0.2) is 11.5 Å². The summed E-state index contributed by atoms with van der Waals surface area (Å²) in [5.41, 5.74) is 0.963. The molecule has 50 heavy (non-hydrogen) atoms. The first-order valence-corrected chi connectivity index (χ1v) is 17.7. The van der Waals surface area contributed by atoms with Crippen molar-refractivity contribution >= 4 is 40.8 Å². The Hall–Kier alpha value is -4.15. The fraction of sp³-hybridized carbons (Fsp3) is 0.588. The van der Waals surface area contributed by atoms with Crippen LogP contribution in [0.4, 0.5) is 4.79 Å². The van der Waals surface area contributed by atoms with Crippen molar-refractivity contribution in [2.45, 2.75) is 90.1 Å². The number of carbonyl (C=O) groups excluding carboxylic acids is 4. The number of hydrogen-bond donors (Lipinski definition) is 6. The summed E-state index contributed by atoms with van der Waals surface area (Å²) in [5.74, 6) is -0.434. The van der Waals surface area contributed by atoms with Gasteiger partial charge in [-0.2, -0.15) is 0 Å². The summed E-state index contributed by atoms with van der Waals surface area (Å²) in [6.45, 7) is 12.0. The maximum Gasteiger partial charge on any atom is 0.407 e. The molecule has 6 N–H and O–H groups in total. The fourth-order valence-corrected chi connectivity index (χ4v) is 6.04. The van der Waals surface area contributed by atoms with Crippen LogP contribution in [0.3, 0.4) is 0 Å². The third-order valence-electron chi connectivity index (χ3n) is 7.35. The van der Waals surface area contributed by atoms with Crippen LogP contribution in [0.1, 0.15) is 72.4 Å². The van der Waals surface area contributed by atoms with Gasteiger partial charge in [-0.3, -0.25) is 24.7 Å². The molecule has 1 aliphatic heterocycles. The summed E-state index contributed by atoms with van der Waals surface area (Å²) in [5, 5.41) is 24.8. The van der Waals surface area contributed by atoms with Crippen molar-refractivity contribution in [1.82, 2.24) is 31.6 Å². The molecule has 5 unspecified atom stereocenters. The van der Waals surface area contributed by atoms with Crippen LogP contribution in [0.2, 0.25) is 0 Å². The number of carbonyl (C=O) groups is 4. The molecule has 1 aliphatic carbocycles. The van der Waals surface area contributed by atoms with Gasteiger partial charge in [0.1, 0.15) is 17.4 Å². The minimum atomic E-state index is -1.16. The van der Waals surface area contributed by atoms with Crippen LogP contribution in [0, 0.1) is 5.92 Å². The largest absolute Gasteiger partial charge is 0.497 e. The lowest BCUT2D eigenvalue weighted by molar-refractivity contribution is -0.144. The number of thioether (sulfide) groups is 1. The van der Waals surface area contributed by atoms with Gasteiger partial charge >= 0.3 is 12.1 Å². The molecule has 3 rings (SSSR count). The second kappa shape index (κ2) is 19.9. The number of hydrogen-bond acceptors (Lipinski definition) is 13. The van der Waals surface area contributed by atoms with E-state index < -0.39 is 47.9 Å². The van der Waals surface area contributed by atoms with Crippen molar-refractivity contribution in [3.63, 3.8) is 0 Å². The molecule has 0 aromatic carbocycles. The van der Waals surface area contributed by atoms with Crippen LogP contribution < -0.4 is 26.6 Å². The van der Waals surface area contributed by atoms with E-state index in [4.69, 9.17) is 14.2 Å². The Morgan fingerprint density at radius 1 is 1.16 bits per heavy atom. The van der Waals surface area contributed by atoms with E-state index in [2.05, 4.69) is 49.6 Å². The summed E-state index contributed by atoms with van der Waals surface area (Å²) < 4.78 is 16.4. The van der Waals surface area contributed by atoms with Crippen LogP contribution in [0.5, 0.6) is 0 Å². The van der Waals surface area contributed by atoms with E-state index in [0.717, 1.165) is 17.8 Å². The molecule has 2 heterocycles. The number of nitrogens with one attached hydrogen (secondary N) is 5. The summed E-state index contributed by atoms with van der Waals surface area (Å²) in [6, 6.07) is 1.99. The summed E-state index contributed by atoms with van der Waals surface area (Å²) in [7, 11) is 0. The average Bonchev–Trinajstić information content (AvgIpc) is 3.42. The van der Waals surface area contributed by atoms with E-state index in [-0.39, 0.29) is 30.7 Å². The summed E-state index contributed by atoms with van der Waals surface area (Å²) in [6.07, 6.45) is 6.87. The van der Waals surface area contributed by atoms with Crippen molar-refractivity contribution in [1.29, 1.82) is 0 Å². The first-order chi connectivity index (χ1) is 23.8. The van der Waals surface area contributed by atoms with Gasteiger partial charge in [-0.1, -0.05) is 43.8 Å². The molecule has 0 bridgehead atoms. The van der Waals surface area contributed by atoms with Crippen molar-refractivity contribution in [2.24, 2.45) is 10.9 Å². The first kappa shape index (κ1) is 40.3. The Labute approximate surface area is 297 Å². The van der Waals surface area contributed by atoms with Gasteiger partial charge in [-0.15, -0.1) is 0 Å². The molecular formula is C34H51N7O8S. The van der Waals surface area contributed by atoms with Crippen molar-refractivity contribution < 1.29 is 38.5 Å². The lowest BCUT2D eigenvalue weighted by Crippen LogP contribution is -2.45. The van der Waals surface area contributed by atoms with Crippen molar-refractivity contribution in [3.8, 4) is 0 Å². The molecule has 1 aromatic heterocycles. The van der Waals surface area contributed by atoms with E-state index in [9.17, 15) is 24.3 Å². The Morgan fingerprint density at radius 2 is 1.94 bits per heavy atom.